The minimum Gasteiger partial charge on any atom is -0.364 e. The minimum atomic E-state index is 0. The molecule has 2 N–H and O–H groups in total. The second kappa shape index (κ2) is 7.85. The highest BCUT2D eigenvalue weighted by Gasteiger charge is 2.33. The zero-order valence-corrected chi connectivity index (χ0v) is 15.6. The van der Waals surface area contributed by atoms with E-state index < -0.39 is 0 Å². The number of nitrogens with one attached hydrogen (secondary N) is 2. The second-order valence-electron chi connectivity index (χ2n) is 5.93. The molecule has 2 aliphatic rings. The summed E-state index contributed by atoms with van der Waals surface area (Å²) in [6, 6.07) is 9.37. The normalized spacial score (nSPS) is 23.2. The van der Waals surface area contributed by atoms with Crippen LogP contribution in [-0.2, 0) is 6.54 Å². The summed E-state index contributed by atoms with van der Waals surface area (Å²) in [7, 11) is 1.83. The van der Waals surface area contributed by atoms with Gasteiger partial charge in [-0.1, -0.05) is 31.2 Å². The minimum absolute atomic E-state index is 0. The third-order valence-electron chi connectivity index (χ3n) is 4.23. The van der Waals surface area contributed by atoms with Crippen molar-refractivity contribution < 1.29 is 0 Å². The van der Waals surface area contributed by atoms with Crippen LogP contribution in [0.5, 0.6) is 0 Å². The van der Waals surface area contributed by atoms with Crippen LogP contribution in [0.4, 0.5) is 5.69 Å². The van der Waals surface area contributed by atoms with Gasteiger partial charge in [0, 0.05) is 38.4 Å². The van der Waals surface area contributed by atoms with Gasteiger partial charge in [-0.2, -0.15) is 0 Å². The van der Waals surface area contributed by atoms with Gasteiger partial charge in [0.15, 0.2) is 5.96 Å². The van der Waals surface area contributed by atoms with Crippen molar-refractivity contribution in [3.8, 4) is 0 Å². The van der Waals surface area contributed by atoms with Crippen LogP contribution in [0.15, 0.2) is 41.4 Å². The van der Waals surface area contributed by atoms with Gasteiger partial charge in [-0.05, 0) is 30.0 Å². The fraction of sp³-hybridized carbons (Fsp3) is 0.471. The smallest absolute Gasteiger partial charge is 0.191 e. The Labute approximate surface area is 150 Å². The van der Waals surface area contributed by atoms with Crippen molar-refractivity contribution in [2.45, 2.75) is 25.9 Å². The van der Waals surface area contributed by atoms with E-state index in [4.69, 9.17) is 0 Å². The first kappa shape index (κ1) is 17.1. The summed E-state index contributed by atoms with van der Waals surface area (Å²) in [5.41, 5.74) is 2.57. The molecular formula is C17H25IN4. The first-order valence-electron chi connectivity index (χ1n) is 7.72. The van der Waals surface area contributed by atoms with Gasteiger partial charge < -0.3 is 15.5 Å². The van der Waals surface area contributed by atoms with Crippen molar-refractivity contribution in [1.29, 1.82) is 0 Å². The lowest BCUT2D eigenvalue weighted by molar-refractivity contribution is 0.763. The Balaban J connectivity index is 0.00000176. The van der Waals surface area contributed by atoms with E-state index in [0.29, 0.717) is 6.04 Å². The highest BCUT2D eigenvalue weighted by molar-refractivity contribution is 14.0. The molecule has 0 amide bonds. The summed E-state index contributed by atoms with van der Waals surface area (Å²) in [4.78, 5) is 6.63. The van der Waals surface area contributed by atoms with Crippen LogP contribution in [0.2, 0.25) is 0 Å². The summed E-state index contributed by atoms with van der Waals surface area (Å²) < 4.78 is 0. The molecule has 22 heavy (non-hydrogen) atoms. The van der Waals surface area contributed by atoms with Crippen molar-refractivity contribution in [2.24, 2.45) is 10.9 Å². The maximum Gasteiger partial charge on any atom is 0.191 e. The van der Waals surface area contributed by atoms with Crippen molar-refractivity contribution in [3.05, 3.63) is 42.0 Å². The number of benzene rings is 1. The fourth-order valence-corrected chi connectivity index (χ4v) is 2.59. The molecule has 2 unspecified atom stereocenters. The van der Waals surface area contributed by atoms with E-state index in [1.807, 2.05) is 7.05 Å². The van der Waals surface area contributed by atoms with E-state index in [0.717, 1.165) is 31.5 Å². The van der Waals surface area contributed by atoms with Gasteiger partial charge in [0.1, 0.15) is 0 Å². The number of anilines is 1. The number of halogens is 1. The Morgan fingerprint density at radius 2 is 1.86 bits per heavy atom. The van der Waals surface area contributed by atoms with Gasteiger partial charge in [-0.15, -0.1) is 24.0 Å². The maximum atomic E-state index is 4.28. The number of hydrogen-bond donors (Lipinski definition) is 2. The van der Waals surface area contributed by atoms with Crippen molar-refractivity contribution in [1.82, 2.24) is 10.6 Å². The largest absolute Gasteiger partial charge is 0.364 e. The molecule has 1 heterocycles. The van der Waals surface area contributed by atoms with E-state index in [9.17, 15) is 0 Å². The van der Waals surface area contributed by atoms with Crippen LogP contribution in [0.1, 0.15) is 18.9 Å². The Kier molecular flexibility index (Phi) is 6.11. The SMILES string of the molecule is CN=C(NCc1ccc(N2CC=CC2)cc1)NC1CC1C.I. The van der Waals surface area contributed by atoms with E-state index in [-0.39, 0.29) is 24.0 Å². The number of nitrogens with zero attached hydrogens (tertiary/aromatic N) is 2. The molecule has 1 aromatic carbocycles. The molecule has 3 rings (SSSR count). The number of guanidine groups is 1. The van der Waals surface area contributed by atoms with Gasteiger partial charge in [0.05, 0.1) is 0 Å². The fourth-order valence-electron chi connectivity index (χ4n) is 2.59. The molecule has 0 spiro atoms. The maximum absolute atomic E-state index is 4.28. The molecular weight excluding hydrogens is 387 g/mol. The predicted molar refractivity (Wildman–Crippen MR) is 104 cm³/mol. The van der Waals surface area contributed by atoms with Gasteiger partial charge >= 0.3 is 0 Å². The van der Waals surface area contributed by atoms with Crippen molar-refractivity contribution in [3.63, 3.8) is 0 Å². The summed E-state index contributed by atoms with van der Waals surface area (Å²) in [6.07, 6.45) is 5.67. The van der Waals surface area contributed by atoms with Crippen LogP contribution in [0.25, 0.3) is 0 Å². The first-order chi connectivity index (χ1) is 10.3. The third-order valence-corrected chi connectivity index (χ3v) is 4.23. The molecule has 1 fully saturated rings. The number of aliphatic imine (C=N–C) groups is 1. The van der Waals surface area contributed by atoms with E-state index in [1.54, 1.807) is 0 Å². The lowest BCUT2D eigenvalue weighted by atomic mass is 10.2. The second-order valence-corrected chi connectivity index (χ2v) is 5.93. The average Bonchev–Trinajstić information content (AvgIpc) is 2.99. The van der Waals surface area contributed by atoms with Gasteiger partial charge in [0.25, 0.3) is 0 Å². The Morgan fingerprint density at radius 3 is 2.41 bits per heavy atom. The molecule has 1 aromatic rings. The van der Waals surface area contributed by atoms with E-state index in [1.165, 1.54) is 17.7 Å². The lowest BCUT2D eigenvalue weighted by Gasteiger charge is -2.18. The molecule has 4 nitrogen and oxygen atoms in total. The Hall–Kier alpha value is -1.24. The monoisotopic (exact) mass is 412 g/mol. The summed E-state index contributed by atoms with van der Waals surface area (Å²) in [5.74, 6) is 1.68. The van der Waals surface area contributed by atoms with Crippen molar-refractivity contribution >= 4 is 35.6 Å². The molecule has 1 saturated carbocycles. The number of rotatable bonds is 4. The van der Waals surface area contributed by atoms with Gasteiger partial charge in [-0.25, -0.2) is 0 Å². The molecule has 0 aromatic heterocycles. The Bertz CT molecular complexity index is 530. The molecule has 0 radical (unpaired) electrons. The quantitative estimate of drug-likeness (QED) is 0.346. The van der Waals surface area contributed by atoms with E-state index in [2.05, 4.69) is 63.9 Å². The highest BCUT2D eigenvalue weighted by atomic mass is 127. The van der Waals surface area contributed by atoms with Crippen LogP contribution < -0.4 is 15.5 Å². The zero-order valence-electron chi connectivity index (χ0n) is 13.2. The molecule has 120 valence electrons. The Morgan fingerprint density at radius 1 is 1.23 bits per heavy atom. The summed E-state index contributed by atoms with van der Waals surface area (Å²) in [5, 5.41) is 6.82. The van der Waals surface area contributed by atoms with Crippen LogP contribution in [-0.4, -0.2) is 32.1 Å². The van der Waals surface area contributed by atoms with E-state index >= 15 is 0 Å². The number of hydrogen-bond acceptors (Lipinski definition) is 2. The molecule has 0 saturated heterocycles. The van der Waals surface area contributed by atoms with Crippen LogP contribution in [0, 0.1) is 5.92 Å². The summed E-state index contributed by atoms with van der Waals surface area (Å²) in [6.45, 7) is 5.11. The van der Waals surface area contributed by atoms with Gasteiger partial charge in [0.2, 0.25) is 0 Å². The molecule has 0 bridgehead atoms. The molecule has 1 aliphatic heterocycles. The molecule has 2 atom stereocenters. The third kappa shape index (κ3) is 4.38. The topological polar surface area (TPSA) is 39.7 Å². The lowest BCUT2D eigenvalue weighted by Crippen LogP contribution is -2.38. The zero-order chi connectivity index (χ0) is 14.7. The van der Waals surface area contributed by atoms with Crippen molar-refractivity contribution in [2.75, 3.05) is 25.0 Å². The first-order valence-corrected chi connectivity index (χ1v) is 7.72. The standard InChI is InChI=1S/C17H24N4.HI/c1-13-11-16(13)20-17(18-2)19-12-14-5-7-15(8-6-14)21-9-3-4-10-21;/h3-8,13,16H,9-12H2,1-2H3,(H2,18,19,20);1H. The summed E-state index contributed by atoms with van der Waals surface area (Å²) >= 11 is 0. The van der Waals surface area contributed by atoms with Gasteiger partial charge in [-0.3, -0.25) is 4.99 Å². The predicted octanol–water partition coefficient (Wildman–Crippen LogP) is 2.75. The highest BCUT2D eigenvalue weighted by Crippen LogP contribution is 2.28. The van der Waals surface area contributed by atoms with Crippen LogP contribution >= 0.6 is 24.0 Å². The average molecular weight is 412 g/mol. The molecule has 5 heteroatoms. The van der Waals surface area contributed by atoms with Crippen LogP contribution in [0.3, 0.4) is 0 Å². The molecule has 1 aliphatic carbocycles.